The van der Waals surface area contributed by atoms with Crippen molar-refractivity contribution < 1.29 is 18.9 Å². The Hall–Kier alpha value is 0.129. The van der Waals surface area contributed by atoms with E-state index >= 15 is 0 Å². The van der Waals surface area contributed by atoms with Gasteiger partial charge in [-0.3, -0.25) is 0 Å². The summed E-state index contributed by atoms with van der Waals surface area (Å²) in [5.74, 6) is 0. The van der Waals surface area contributed by atoms with E-state index in [2.05, 4.69) is 25.8 Å². The third-order valence-corrected chi connectivity index (χ3v) is 5.15. The molecule has 3 aliphatic rings. The minimum absolute atomic E-state index is 0.719. The summed E-state index contributed by atoms with van der Waals surface area (Å²) in [6.45, 7) is 2.31. The number of rotatable bonds is 1. The van der Waals surface area contributed by atoms with E-state index in [4.69, 9.17) is 0 Å². The van der Waals surface area contributed by atoms with Crippen LogP contribution in [0.4, 0.5) is 0 Å². The second-order valence-corrected chi connectivity index (χ2v) is 6.07. The van der Waals surface area contributed by atoms with E-state index in [9.17, 15) is 0 Å². The molecule has 1 spiro atoms. The first-order valence-corrected chi connectivity index (χ1v) is 6.55. The Morgan fingerprint density at radius 2 is 2.08 bits per heavy atom. The van der Waals surface area contributed by atoms with E-state index in [0.717, 1.165) is 5.41 Å². The molecular weight excluding hydrogens is 336 g/mol. The van der Waals surface area contributed by atoms with Crippen molar-refractivity contribution in [3.63, 3.8) is 0 Å². The quantitative estimate of drug-likeness (QED) is 0.679. The summed E-state index contributed by atoms with van der Waals surface area (Å²) in [6, 6.07) is 0. The van der Waals surface area contributed by atoms with Crippen LogP contribution in [0.5, 0.6) is 0 Å². The van der Waals surface area contributed by atoms with Crippen LogP contribution in [-0.4, -0.2) is 0 Å². The van der Waals surface area contributed by atoms with Gasteiger partial charge >= 0.3 is 90.6 Å². The van der Waals surface area contributed by atoms with Crippen LogP contribution in [0.1, 0.15) is 45.4 Å². The predicted molar refractivity (Wildman–Crippen MR) is 49.9 cm³/mol. The molecule has 0 aromatic carbocycles. The summed E-state index contributed by atoms with van der Waals surface area (Å²) < 4.78 is 1.71. The van der Waals surface area contributed by atoms with Crippen molar-refractivity contribution in [3.8, 4) is 0 Å². The summed E-state index contributed by atoms with van der Waals surface area (Å²) >= 11 is 2.36. The van der Waals surface area contributed by atoms with Crippen LogP contribution < -0.4 is 0 Å². The molecule has 0 bridgehead atoms. The van der Waals surface area contributed by atoms with Crippen LogP contribution >= 0.6 is 0 Å². The topological polar surface area (TPSA) is 0 Å². The van der Waals surface area contributed by atoms with Crippen molar-refractivity contribution in [1.82, 2.24) is 0 Å². The number of hydrogen-bond acceptors (Lipinski definition) is 0. The third-order valence-electron chi connectivity index (χ3n) is 4.00. The van der Waals surface area contributed by atoms with Gasteiger partial charge in [-0.1, -0.05) is 0 Å². The molecule has 0 aromatic rings. The normalized spacial score (nSPS) is 29.2. The van der Waals surface area contributed by atoms with Crippen molar-refractivity contribution in [3.05, 3.63) is 20.8 Å². The summed E-state index contributed by atoms with van der Waals surface area (Å²) in [6.07, 6.45) is 8.44. The molecule has 0 radical (unpaired) electrons. The van der Waals surface area contributed by atoms with Crippen molar-refractivity contribution in [1.29, 1.82) is 0 Å². The van der Waals surface area contributed by atoms with E-state index in [1.54, 1.807) is 15.2 Å². The molecule has 0 aliphatic heterocycles. The molecule has 1 saturated carbocycles. The maximum atomic E-state index is 2.36. The standard InChI is InChI=1S/C12H15.Ir/c1-2-9-5-6-12(7-8-12)11-4-3-10(9)11;/h2-4,6-8H2,1H3;. The zero-order valence-corrected chi connectivity index (χ0v) is 10.5. The zero-order valence-electron chi connectivity index (χ0n) is 8.08. The van der Waals surface area contributed by atoms with E-state index in [1.807, 2.05) is 5.57 Å². The van der Waals surface area contributed by atoms with Gasteiger partial charge in [0, 0.05) is 0 Å². The average molecular weight is 351 g/mol. The molecular formula is C12H15Ir. The van der Waals surface area contributed by atoms with Gasteiger partial charge in [-0.05, 0) is 0 Å². The van der Waals surface area contributed by atoms with Gasteiger partial charge in [0.15, 0.2) is 0 Å². The molecule has 0 aromatic heterocycles. The fraction of sp³-hybridized carbons (Fsp3) is 0.667. The second kappa shape index (κ2) is 2.58. The summed E-state index contributed by atoms with van der Waals surface area (Å²) in [4.78, 5) is 0. The van der Waals surface area contributed by atoms with Crippen LogP contribution in [0.3, 0.4) is 0 Å². The van der Waals surface area contributed by atoms with Crippen molar-refractivity contribution in [2.24, 2.45) is 5.41 Å². The third kappa shape index (κ3) is 1.01. The fourth-order valence-corrected chi connectivity index (χ4v) is 4.57. The van der Waals surface area contributed by atoms with Crippen molar-refractivity contribution in [2.45, 2.75) is 45.4 Å². The van der Waals surface area contributed by atoms with Crippen LogP contribution in [0, 0.1) is 5.41 Å². The van der Waals surface area contributed by atoms with Gasteiger partial charge in [0.2, 0.25) is 0 Å². The van der Waals surface area contributed by atoms with E-state index in [-0.39, 0.29) is 0 Å². The molecule has 3 aliphatic carbocycles. The SMILES string of the molecule is CCC1=[C]([Ir])CC2(CC2)C2=C1CC2. The predicted octanol–water partition coefficient (Wildman–Crippen LogP) is 3.47. The Labute approximate surface area is 90.6 Å². The van der Waals surface area contributed by atoms with Gasteiger partial charge in [-0.15, -0.1) is 0 Å². The monoisotopic (exact) mass is 352 g/mol. The summed E-state index contributed by atoms with van der Waals surface area (Å²) in [5, 5.41) is 0. The molecule has 0 amide bonds. The Morgan fingerprint density at radius 1 is 1.31 bits per heavy atom. The van der Waals surface area contributed by atoms with Gasteiger partial charge in [-0.25, -0.2) is 0 Å². The van der Waals surface area contributed by atoms with Gasteiger partial charge in [0.05, 0.1) is 0 Å². The molecule has 0 atom stereocenters. The van der Waals surface area contributed by atoms with Gasteiger partial charge < -0.3 is 0 Å². The molecule has 3 rings (SSSR count). The molecule has 1 fully saturated rings. The Kier molecular flexibility index (Phi) is 1.68. The van der Waals surface area contributed by atoms with E-state index in [0.29, 0.717) is 0 Å². The second-order valence-electron chi connectivity index (χ2n) is 4.62. The van der Waals surface area contributed by atoms with Crippen LogP contribution in [-0.2, 0) is 18.9 Å². The van der Waals surface area contributed by atoms with E-state index in [1.165, 1.54) is 38.5 Å². The van der Waals surface area contributed by atoms with Crippen molar-refractivity contribution >= 4 is 0 Å². The first-order valence-electron chi connectivity index (χ1n) is 5.35. The van der Waals surface area contributed by atoms with Gasteiger partial charge in [0.25, 0.3) is 0 Å². The molecule has 13 heavy (non-hydrogen) atoms. The Bertz CT molecular complexity index is 329. The summed E-state index contributed by atoms with van der Waals surface area (Å²) in [7, 11) is 0. The number of fused-ring (bicyclic) bond motifs is 1. The van der Waals surface area contributed by atoms with Gasteiger partial charge in [-0.2, -0.15) is 0 Å². The first kappa shape index (κ1) is 8.44. The molecule has 0 unspecified atom stereocenters. The van der Waals surface area contributed by atoms with Crippen molar-refractivity contribution in [2.75, 3.05) is 0 Å². The number of hydrogen-bond donors (Lipinski definition) is 0. The van der Waals surface area contributed by atoms with Gasteiger partial charge in [0.1, 0.15) is 0 Å². The van der Waals surface area contributed by atoms with Crippen LogP contribution in [0.15, 0.2) is 20.8 Å². The Morgan fingerprint density at radius 3 is 2.54 bits per heavy atom. The minimum atomic E-state index is 0.719. The van der Waals surface area contributed by atoms with Crippen LogP contribution in [0.2, 0.25) is 0 Å². The van der Waals surface area contributed by atoms with Crippen LogP contribution in [0.25, 0.3) is 0 Å². The maximum absolute atomic E-state index is 2.36. The Balaban J connectivity index is 2.07. The molecule has 0 N–H and O–H groups in total. The number of allylic oxidation sites excluding steroid dienone is 4. The fourth-order valence-electron chi connectivity index (χ4n) is 2.97. The van der Waals surface area contributed by atoms with E-state index < -0.39 is 0 Å². The molecule has 72 valence electrons. The summed E-state index contributed by atoms with van der Waals surface area (Å²) in [5.41, 5.74) is 6.09. The average Bonchev–Trinajstić information content (AvgIpc) is 2.76. The zero-order chi connectivity index (χ0) is 9.05. The molecule has 0 heterocycles. The molecule has 1 heteroatoms. The molecule has 0 nitrogen and oxygen atoms in total. The molecule has 0 saturated heterocycles. The first-order chi connectivity index (χ1) is 6.27.